The molecular formula is C25H38O2Si. The minimum atomic E-state index is -2.49. The molecule has 2 aromatic carbocycles. The third-order valence-corrected chi connectivity index (χ3v) is 10.7. The van der Waals surface area contributed by atoms with Crippen molar-refractivity contribution in [1.82, 2.24) is 0 Å². The Morgan fingerprint density at radius 1 is 0.821 bits per heavy atom. The van der Waals surface area contributed by atoms with Crippen LogP contribution in [0.2, 0.25) is 5.04 Å². The molecule has 0 aliphatic carbocycles. The van der Waals surface area contributed by atoms with E-state index in [-0.39, 0.29) is 17.7 Å². The average Bonchev–Trinajstić information content (AvgIpc) is 2.70. The number of rotatable bonds is 11. The zero-order valence-corrected chi connectivity index (χ0v) is 19.2. The topological polar surface area (TPSA) is 29.5 Å². The third kappa shape index (κ3) is 5.56. The predicted molar refractivity (Wildman–Crippen MR) is 123 cm³/mol. The van der Waals surface area contributed by atoms with Crippen molar-refractivity contribution in [3.8, 4) is 0 Å². The molecule has 0 bridgehead atoms. The van der Waals surface area contributed by atoms with Crippen molar-refractivity contribution >= 4 is 18.7 Å². The summed E-state index contributed by atoms with van der Waals surface area (Å²) < 4.78 is 7.28. The molecule has 154 valence electrons. The quantitative estimate of drug-likeness (QED) is 0.412. The molecule has 1 atom stereocenters. The summed E-state index contributed by atoms with van der Waals surface area (Å²) in [5, 5.41) is 11.9. The number of hydrogen-bond donors (Lipinski definition) is 1. The van der Waals surface area contributed by atoms with Gasteiger partial charge >= 0.3 is 0 Å². The molecule has 2 rings (SSSR count). The van der Waals surface area contributed by atoms with Gasteiger partial charge in [0.2, 0.25) is 0 Å². The van der Waals surface area contributed by atoms with Gasteiger partial charge in [0.25, 0.3) is 8.32 Å². The number of aliphatic hydroxyl groups is 1. The number of aliphatic hydroxyl groups excluding tert-OH is 1. The number of hydrogen-bond acceptors (Lipinski definition) is 2. The molecule has 0 amide bonds. The van der Waals surface area contributed by atoms with Crippen molar-refractivity contribution in [2.24, 2.45) is 0 Å². The van der Waals surface area contributed by atoms with Gasteiger partial charge in [-0.25, -0.2) is 0 Å². The minimum Gasteiger partial charge on any atom is -0.404 e. The fraction of sp³-hybridized carbons (Fsp3) is 0.520. The van der Waals surface area contributed by atoms with Gasteiger partial charge in [0.15, 0.2) is 0 Å². The van der Waals surface area contributed by atoms with Crippen LogP contribution in [0.5, 0.6) is 0 Å². The Balaban J connectivity index is 2.52. The highest BCUT2D eigenvalue weighted by Crippen LogP contribution is 2.38. The van der Waals surface area contributed by atoms with E-state index in [4.69, 9.17) is 4.43 Å². The fourth-order valence-electron chi connectivity index (χ4n) is 4.12. The molecule has 28 heavy (non-hydrogen) atoms. The van der Waals surface area contributed by atoms with Crippen molar-refractivity contribution in [2.45, 2.75) is 77.4 Å². The molecule has 0 radical (unpaired) electrons. The predicted octanol–water partition coefficient (Wildman–Crippen LogP) is 5.28. The molecule has 0 aromatic heterocycles. The molecule has 0 aliphatic heterocycles. The van der Waals surface area contributed by atoms with Gasteiger partial charge < -0.3 is 9.53 Å². The second-order valence-electron chi connectivity index (χ2n) is 8.76. The van der Waals surface area contributed by atoms with E-state index in [1.54, 1.807) is 0 Å². The van der Waals surface area contributed by atoms with E-state index in [9.17, 15) is 5.11 Å². The first kappa shape index (κ1) is 22.9. The summed E-state index contributed by atoms with van der Waals surface area (Å²) in [5.41, 5.74) is 0. The molecule has 0 aliphatic rings. The molecular weight excluding hydrogens is 360 g/mol. The van der Waals surface area contributed by atoms with Gasteiger partial charge in [-0.15, -0.1) is 0 Å². The number of benzene rings is 2. The molecule has 0 saturated carbocycles. The summed E-state index contributed by atoms with van der Waals surface area (Å²) in [7, 11) is -2.49. The molecule has 1 N–H and O–H groups in total. The van der Waals surface area contributed by atoms with Crippen LogP contribution in [-0.2, 0) is 4.43 Å². The lowest BCUT2D eigenvalue weighted by atomic mass is 10.1. The van der Waals surface area contributed by atoms with Gasteiger partial charge in [-0.3, -0.25) is 0 Å². The lowest BCUT2D eigenvalue weighted by molar-refractivity contribution is 0.157. The highest BCUT2D eigenvalue weighted by atomic mass is 28.4. The summed E-state index contributed by atoms with van der Waals surface area (Å²) in [4.78, 5) is 0. The van der Waals surface area contributed by atoms with Gasteiger partial charge in [-0.05, 0) is 41.1 Å². The van der Waals surface area contributed by atoms with Crippen molar-refractivity contribution in [2.75, 3.05) is 6.61 Å². The van der Waals surface area contributed by atoms with E-state index in [1.807, 2.05) is 0 Å². The second kappa shape index (κ2) is 10.9. The highest BCUT2D eigenvalue weighted by Gasteiger charge is 2.51. The highest BCUT2D eigenvalue weighted by molar-refractivity contribution is 6.99. The van der Waals surface area contributed by atoms with Crippen LogP contribution in [0.1, 0.15) is 66.2 Å². The first-order valence-corrected chi connectivity index (χ1v) is 12.8. The van der Waals surface area contributed by atoms with E-state index in [1.165, 1.54) is 23.2 Å². The average molecular weight is 399 g/mol. The molecule has 0 fully saturated rings. The van der Waals surface area contributed by atoms with Gasteiger partial charge in [-0.2, -0.15) is 0 Å². The lowest BCUT2D eigenvalue weighted by Crippen LogP contribution is -2.67. The number of unbranched alkanes of at least 4 members (excludes halogenated alkanes) is 2. The Morgan fingerprint density at radius 3 is 1.75 bits per heavy atom. The van der Waals surface area contributed by atoms with Crippen molar-refractivity contribution < 1.29 is 9.53 Å². The van der Waals surface area contributed by atoms with Crippen LogP contribution < -0.4 is 10.4 Å². The minimum absolute atomic E-state index is 0.0111. The van der Waals surface area contributed by atoms with Gasteiger partial charge in [-0.1, -0.05) is 101 Å². The SMILES string of the molecule is CCCC[C@H](CCCCO)O[Si](c1ccccc1)(c1ccccc1)C(C)(C)C. The van der Waals surface area contributed by atoms with Gasteiger partial charge in [0.1, 0.15) is 0 Å². The first-order valence-electron chi connectivity index (χ1n) is 10.9. The molecule has 0 spiro atoms. The lowest BCUT2D eigenvalue weighted by Gasteiger charge is -2.45. The maximum atomic E-state index is 9.24. The summed E-state index contributed by atoms with van der Waals surface area (Å²) in [6.07, 6.45) is 6.58. The molecule has 2 nitrogen and oxygen atoms in total. The van der Waals surface area contributed by atoms with Crippen LogP contribution >= 0.6 is 0 Å². The monoisotopic (exact) mass is 398 g/mol. The zero-order valence-electron chi connectivity index (χ0n) is 18.2. The van der Waals surface area contributed by atoms with Crippen LogP contribution in [0.15, 0.2) is 60.7 Å². The Bertz CT molecular complexity index is 624. The Kier molecular flexibility index (Phi) is 8.93. The summed E-state index contributed by atoms with van der Waals surface area (Å²) in [6.45, 7) is 9.52. The van der Waals surface area contributed by atoms with Gasteiger partial charge in [0.05, 0.1) is 0 Å². The summed E-state index contributed by atoms with van der Waals surface area (Å²) in [6, 6.07) is 21.8. The maximum Gasteiger partial charge on any atom is 0.261 e. The summed E-state index contributed by atoms with van der Waals surface area (Å²) in [5.74, 6) is 0. The van der Waals surface area contributed by atoms with E-state index in [2.05, 4.69) is 88.4 Å². The third-order valence-electron chi connectivity index (χ3n) is 5.57. The largest absolute Gasteiger partial charge is 0.404 e. The second-order valence-corrected chi connectivity index (χ2v) is 13.0. The first-order chi connectivity index (χ1) is 13.5. The molecule has 0 unspecified atom stereocenters. The fourth-order valence-corrected chi connectivity index (χ4v) is 8.87. The Morgan fingerprint density at radius 2 is 1.32 bits per heavy atom. The molecule has 3 heteroatoms. The van der Waals surface area contributed by atoms with E-state index >= 15 is 0 Å². The van der Waals surface area contributed by atoms with Crippen LogP contribution in [0.4, 0.5) is 0 Å². The van der Waals surface area contributed by atoms with Crippen molar-refractivity contribution in [3.63, 3.8) is 0 Å². The normalized spacial score (nSPS) is 13.5. The van der Waals surface area contributed by atoms with E-state index in [0.29, 0.717) is 0 Å². The van der Waals surface area contributed by atoms with Crippen molar-refractivity contribution in [3.05, 3.63) is 60.7 Å². The molecule has 2 aromatic rings. The summed E-state index contributed by atoms with van der Waals surface area (Å²) >= 11 is 0. The van der Waals surface area contributed by atoms with Crippen LogP contribution in [0.3, 0.4) is 0 Å². The maximum absolute atomic E-state index is 9.24. The Labute approximate surface area is 173 Å². The van der Waals surface area contributed by atoms with E-state index in [0.717, 1.165) is 25.7 Å². The van der Waals surface area contributed by atoms with Crippen molar-refractivity contribution in [1.29, 1.82) is 0 Å². The van der Waals surface area contributed by atoms with Crippen LogP contribution in [0, 0.1) is 0 Å². The van der Waals surface area contributed by atoms with E-state index < -0.39 is 8.32 Å². The smallest absolute Gasteiger partial charge is 0.261 e. The zero-order chi connectivity index (χ0) is 20.5. The van der Waals surface area contributed by atoms with Crippen LogP contribution in [-0.4, -0.2) is 26.1 Å². The Hall–Kier alpha value is -1.42. The standard InChI is InChI=1S/C25H38O2Si/c1-5-6-15-22(16-13-14-21-26)27-28(25(2,3)4,23-17-9-7-10-18-23)24-19-11-8-12-20-24/h7-12,17-20,22,26H,5-6,13-16,21H2,1-4H3/t22-/m1/s1. The molecule has 0 saturated heterocycles. The van der Waals surface area contributed by atoms with Gasteiger partial charge in [0, 0.05) is 12.7 Å². The van der Waals surface area contributed by atoms with Crippen LogP contribution in [0.25, 0.3) is 0 Å². The molecule has 0 heterocycles.